The van der Waals surface area contributed by atoms with Gasteiger partial charge in [-0.2, -0.15) is 0 Å². The topological polar surface area (TPSA) is 153 Å². The number of likely N-dealkylation sites (tertiary alicyclic amines) is 1. The number of nitrogens with zero attached hydrogens (tertiary/aromatic N) is 1. The predicted molar refractivity (Wildman–Crippen MR) is 228 cm³/mol. The van der Waals surface area contributed by atoms with Crippen molar-refractivity contribution in [1.82, 2.24) is 4.90 Å². The van der Waals surface area contributed by atoms with E-state index in [9.17, 15) is 24.9 Å². The summed E-state index contributed by atoms with van der Waals surface area (Å²) >= 11 is 0. The Hall–Kier alpha value is -4.46. The fourth-order valence-electron chi connectivity index (χ4n) is 12.7. The number of fused-ring (bicyclic) bond motifs is 7. The number of rotatable bonds is 10. The molecule has 4 heterocycles. The Kier molecular flexibility index (Phi) is 9.56. The lowest BCUT2D eigenvalue weighted by molar-refractivity contribution is -0.199. The third-order valence-electron chi connectivity index (χ3n) is 17.2. The summed E-state index contributed by atoms with van der Waals surface area (Å²) < 4.78 is 37.6. The van der Waals surface area contributed by atoms with E-state index in [2.05, 4.69) is 25.7 Å². The fraction of sp³-hybridized carbons (Fsp3) is 0.560. The minimum Gasteiger partial charge on any atom is -0.492 e. The van der Waals surface area contributed by atoms with Gasteiger partial charge in [0.25, 0.3) is 0 Å². The summed E-state index contributed by atoms with van der Waals surface area (Å²) in [5.41, 5.74) is -0.180. The molecule has 330 valence electrons. The zero-order chi connectivity index (χ0) is 43.6. The van der Waals surface area contributed by atoms with Crippen molar-refractivity contribution < 1.29 is 53.3 Å². The largest absolute Gasteiger partial charge is 0.492 e. The molecule has 6 unspecified atom stereocenters. The Balaban J connectivity index is 0.956. The lowest BCUT2D eigenvalue weighted by atomic mass is 9.65. The summed E-state index contributed by atoms with van der Waals surface area (Å²) in [7, 11) is 0. The summed E-state index contributed by atoms with van der Waals surface area (Å²) in [5, 5.41) is 32.4. The third-order valence-corrected chi connectivity index (χ3v) is 17.2. The molecule has 62 heavy (non-hydrogen) atoms. The molecule has 7 aliphatic rings. The molecule has 2 saturated heterocycles. The highest BCUT2D eigenvalue weighted by Gasteiger charge is 2.82. The molecule has 4 aliphatic heterocycles. The Morgan fingerprint density at radius 1 is 0.790 bits per heavy atom. The zero-order valence-electron chi connectivity index (χ0n) is 36.6. The van der Waals surface area contributed by atoms with Crippen LogP contribution in [0.4, 0.5) is 0 Å². The maximum Gasteiger partial charge on any atom is 0.323 e. The van der Waals surface area contributed by atoms with Crippen LogP contribution >= 0.6 is 0 Å². The van der Waals surface area contributed by atoms with E-state index in [1.165, 1.54) is 19.3 Å². The molecule has 3 saturated carbocycles. The van der Waals surface area contributed by atoms with Crippen molar-refractivity contribution in [2.24, 2.45) is 33.0 Å². The molecule has 3 N–H and O–H groups in total. The second-order valence-electron chi connectivity index (χ2n) is 20.4. The molecular weight excluding hydrogens is 791 g/mol. The number of aliphatic hydroxyl groups excluding tert-OH is 2. The van der Waals surface area contributed by atoms with Crippen LogP contribution in [-0.4, -0.2) is 83.2 Å². The first kappa shape index (κ1) is 41.5. The number of piperidine rings is 1. The Morgan fingerprint density at radius 2 is 1.45 bits per heavy atom. The van der Waals surface area contributed by atoms with Gasteiger partial charge in [0.15, 0.2) is 18.7 Å². The molecule has 3 aromatic carbocycles. The van der Waals surface area contributed by atoms with Crippen LogP contribution in [0.25, 0.3) is 11.1 Å². The second kappa shape index (κ2) is 14.3. The van der Waals surface area contributed by atoms with Gasteiger partial charge >= 0.3 is 11.9 Å². The number of carbonyl (C=O) groups excluding carboxylic acids is 2. The molecule has 0 amide bonds. The number of benzene rings is 3. The first-order valence-corrected chi connectivity index (χ1v) is 22.4. The molecule has 10 rings (SSSR count). The smallest absolute Gasteiger partial charge is 0.323 e. The number of esters is 2. The minimum atomic E-state index is -1.85. The van der Waals surface area contributed by atoms with Crippen molar-refractivity contribution in [3.8, 4) is 28.7 Å². The van der Waals surface area contributed by atoms with Gasteiger partial charge in [-0.3, -0.25) is 14.5 Å². The monoisotopic (exact) mass is 849 g/mol. The predicted octanol–water partition coefficient (Wildman–Crippen LogP) is 7.47. The van der Waals surface area contributed by atoms with E-state index in [1.807, 2.05) is 57.2 Å². The molecule has 0 spiro atoms. The number of hydrogen-bond acceptors (Lipinski definition) is 12. The molecule has 7 atom stereocenters. The third kappa shape index (κ3) is 5.82. The summed E-state index contributed by atoms with van der Waals surface area (Å²) in [6.45, 7) is 16.0. The molecule has 3 aliphatic carbocycles. The van der Waals surface area contributed by atoms with Crippen LogP contribution in [0.2, 0.25) is 0 Å². The highest BCUT2D eigenvalue weighted by molar-refractivity contribution is 6.00. The number of carbonyl (C=O) groups is 2. The first-order chi connectivity index (χ1) is 29.5. The van der Waals surface area contributed by atoms with Crippen molar-refractivity contribution in [2.75, 3.05) is 32.8 Å². The van der Waals surface area contributed by atoms with Crippen molar-refractivity contribution in [1.29, 1.82) is 0 Å². The fourth-order valence-corrected chi connectivity index (χ4v) is 12.7. The van der Waals surface area contributed by atoms with E-state index in [0.717, 1.165) is 53.2 Å². The molecule has 5 fully saturated rings. The van der Waals surface area contributed by atoms with Gasteiger partial charge in [0, 0.05) is 46.4 Å². The van der Waals surface area contributed by atoms with Gasteiger partial charge in [-0.1, -0.05) is 53.2 Å². The van der Waals surface area contributed by atoms with Crippen molar-refractivity contribution in [3.63, 3.8) is 0 Å². The highest BCUT2D eigenvalue weighted by atomic mass is 16.6. The number of ether oxygens (including phenoxy) is 6. The van der Waals surface area contributed by atoms with E-state index < -0.39 is 52.5 Å². The number of hydrogen-bond donors (Lipinski definition) is 3. The normalized spacial score (nSPS) is 33.4. The lowest BCUT2D eigenvalue weighted by Crippen LogP contribution is -2.49. The standard InChI is InChI=1S/C50H59NO11/c1-45(2)40-47(45,5)18-20-49(40,41(52)53)42(54)59-31-15-17-34-36(26-31)58-28-35-33-16-14-32(60-43(55)50-21-19-48(6,46(50,3)4)62-44(50)56)27-37(33)61-39(38(34)35)29-10-12-30(13-11-29)57-25-24-51-22-8-7-9-23-51/h10-17,26-27,39-41,44,52-53,56H,7-9,18-25,28H2,1-6H3/t39-,40?,44?,47?,48?,49?,50?/m0/s1. The van der Waals surface area contributed by atoms with Gasteiger partial charge in [0.1, 0.15) is 52.8 Å². The van der Waals surface area contributed by atoms with Crippen LogP contribution in [0.3, 0.4) is 0 Å². The first-order valence-electron chi connectivity index (χ1n) is 22.4. The van der Waals surface area contributed by atoms with E-state index in [4.69, 9.17) is 28.4 Å². The van der Waals surface area contributed by atoms with Gasteiger partial charge in [-0.15, -0.1) is 0 Å². The van der Waals surface area contributed by atoms with E-state index in [1.54, 1.807) is 24.3 Å². The second-order valence-corrected chi connectivity index (χ2v) is 20.4. The maximum absolute atomic E-state index is 14.1. The van der Waals surface area contributed by atoms with Crippen LogP contribution in [-0.2, 0) is 14.3 Å². The Labute approximate surface area is 363 Å². The average Bonchev–Trinajstić information content (AvgIpc) is 3.45. The molecule has 3 aromatic rings. The summed E-state index contributed by atoms with van der Waals surface area (Å²) in [6, 6.07) is 18.5. The summed E-state index contributed by atoms with van der Waals surface area (Å²) in [5.74, 6) is 0.902. The minimum absolute atomic E-state index is 0.175. The summed E-state index contributed by atoms with van der Waals surface area (Å²) in [4.78, 5) is 30.5. The van der Waals surface area contributed by atoms with Gasteiger partial charge in [-0.05, 0) is 117 Å². The van der Waals surface area contributed by atoms with Crippen LogP contribution < -0.4 is 23.7 Å². The van der Waals surface area contributed by atoms with E-state index in [0.29, 0.717) is 49.5 Å². The molecule has 12 nitrogen and oxygen atoms in total. The molecule has 2 bridgehead atoms. The van der Waals surface area contributed by atoms with Crippen molar-refractivity contribution in [2.45, 2.75) is 111 Å². The molecule has 12 heteroatoms. The van der Waals surface area contributed by atoms with Gasteiger partial charge in [0.2, 0.25) is 0 Å². The summed E-state index contributed by atoms with van der Waals surface area (Å²) in [6.07, 6.45) is 2.13. The van der Waals surface area contributed by atoms with Gasteiger partial charge < -0.3 is 43.7 Å². The quantitative estimate of drug-likeness (QED) is 0.105. The highest BCUT2D eigenvalue weighted by Crippen LogP contribution is 2.82. The van der Waals surface area contributed by atoms with Gasteiger partial charge in [0.05, 0.1) is 5.60 Å². The maximum atomic E-state index is 14.1. The Morgan fingerprint density at radius 3 is 2.08 bits per heavy atom. The van der Waals surface area contributed by atoms with Crippen LogP contribution in [0.5, 0.6) is 28.7 Å². The number of aliphatic hydroxyl groups is 3. The van der Waals surface area contributed by atoms with E-state index in [-0.39, 0.29) is 29.1 Å². The van der Waals surface area contributed by atoms with Crippen LogP contribution in [0.1, 0.15) is 109 Å². The molecular formula is C50H59NO11. The van der Waals surface area contributed by atoms with E-state index >= 15 is 0 Å². The Bertz CT molecular complexity index is 2350. The SMILES string of the molecule is CC12CCC(C(=O)Oc3ccc4c(c3)O[C@@H](c3ccc(OCCN5CCCCC5)cc3)C3=C4COc4cc(OC(=O)C5(C(O)O)CCC6(C)C5C6(C)C)ccc43)(C(O)O1)C2(C)C. The molecule has 0 aromatic heterocycles. The lowest BCUT2D eigenvalue weighted by Gasteiger charge is -2.37. The molecule has 0 radical (unpaired) electrons. The van der Waals surface area contributed by atoms with Crippen molar-refractivity contribution in [3.05, 3.63) is 77.4 Å². The van der Waals surface area contributed by atoms with Crippen molar-refractivity contribution >= 4 is 23.1 Å². The zero-order valence-corrected chi connectivity index (χ0v) is 36.6. The van der Waals surface area contributed by atoms with Gasteiger partial charge in [-0.25, -0.2) is 0 Å². The van der Waals surface area contributed by atoms with Crippen LogP contribution in [0.15, 0.2) is 60.7 Å². The van der Waals surface area contributed by atoms with Crippen LogP contribution in [0, 0.1) is 33.0 Å². The average molecular weight is 850 g/mol.